The summed E-state index contributed by atoms with van der Waals surface area (Å²) in [5.41, 5.74) is 1.22. The lowest BCUT2D eigenvalue weighted by Crippen LogP contribution is -2.34. The van der Waals surface area contributed by atoms with Gasteiger partial charge in [0.2, 0.25) is 0 Å². The molecule has 1 aromatic rings. The van der Waals surface area contributed by atoms with E-state index in [0.29, 0.717) is 6.04 Å². The van der Waals surface area contributed by atoms with E-state index in [1.807, 2.05) is 0 Å². The van der Waals surface area contributed by atoms with Gasteiger partial charge in [-0.1, -0.05) is 13.3 Å². The standard InChI is InChI=1S/C10H16N2OS/c1-2-3-8-7-14-10(12-8)9-6-13-5-4-11-9/h7,9,11H,2-6H2,1H3. The molecule has 0 radical (unpaired) electrons. The summed E-state index contributed by atoms with van der Waals surface area (Å²) < 4.78 is 5.41. The first kappa shape index (κ1) is 10.1. The largest absolute Gasteiger partial charge is 0.378 e. The van der Waals surface area contributed by atoms with E-state index < -0.39 is 0 Å². The van der Waals surface area contributed by atoms with Crippen molar-refractivity contribution in [3.05, 3.63) is 16.1 Å². The Labute approximate surface area is 88.5 Å². The fourth-order valence-electron chi connectivity index (χ4n) is 1.58. The van der Waals surface area contributed by atoms with Gasteiger partial charge in [-0.15, -0.1) is 11.3 Å². The van der Waals surface area contributed by atoms with Crippen LogP contribution in [0.2, 0.25) is 0 Å². The number of hydrogen-bond acceptors (Lipinski definition) is 4. The molecule has 14 heavy (non-hydrogen) atoms. The number of hydrogen-bond donors (Lipinski definition) is 1. The van der Waals surface area contributed by atoms with E-state index in [1.54, 1.807) is 11.3 Å². The topological polar surface area (TPSA) is 34.1 Å². The van der Waals surface area contributed by atoms with E-state index in [4.69, 9.17) is 4.74 Å². The van der Waals surface area contributed by atoms with Crippen molar-refractivity contribution in [1.29, 1.82) is 0 Å². The maximum absolute atomic E-state index is 5.41. The zero-order valence-electron chi connectivity index (χ0n) is 8.45. The molecule has 1 aliphatic rings. The summed E-state index contributed by atoms with van der Waals surface area (Å²) in [6.45, 7) is 4.71. The van der Waals surface area contributed by atoms with Gasteiger partial charge in [0.05, 0.1) is 24.9 Å². The molecule has 0 aliphatic carbocycles. The third kappa shape index (κ3) is 2.32. The lowest BCUT2D eigenvalue weighted by molar-refractivity contribution is 0.0767. The molecule has 1 N–H and O–H groups in total. The van der Waals surface area contributed by atoms with Gasteiger partial charge in [0, 0.05) is 11.9 Å². The summed E-state index contributed by atoms with van der Waals surface area (Å²) in [6.07, 6.45) is 2.25. The normalized spacial score (nSPS) is 22.5. The average molecular weight is 212 g/mol. The zero-order chi connectivity index (χ0) is 9.80. The summed E-state index contributed by atoms with van der Waals surface area (Å²) in [5.74, 6) is 0. The maximum atomic E-state index is 5.41. The second-order valence-electron chi connectivity index (χ2n) is 3.51. The first-order valence-corrected chi connectivity index (χ1v) is 6.03. The van der Waals surface area contributed by atoms with Gasteiger partial charge in [0.25, 0.3) is 0 Å². The second kappa shape index (κ2) is 4.87. The van der Waals surface area contributed by atoms with Crippen molar-refractivity contribution in [2.45, 2.75) is 25.8 Å². The van der Waals surface area contributed by atoms with Gasteiger partial charge in [-0.2, -0.15) is 0 Å². The minimum absolute atomic E-state index is 0.319. The zero-order valence-corrected chi connectivity index (χ0v) is 9.27. The van der Waals surface area contributed by atoms with Gasteiger partial charge in [-0.05, 0) is 6.42 Å². The molecule has 1 unspecified atom stereocenters. The third-order valence-electron chi connectivity index (χ3n) is 2.30. The van der Waals surface area contributed by atoms with Crippen molar-refractivity contribution >= 4 is 11.3 Å². The van der Waals surface area contributed by atoms with Gasteiger partial charge in [0.1, 0.15) is 5.01 Å². The van der Waals surface area contributed by atoms with Crippen molar-refractivity contribution in [2.75, 3.05) is 19.8 Å². The molecule has 2 rings (SSSR count). The molecule has 4 heteroatoms. The molecule has 1 aromatic heterocycles. The summed E-state index contributed by atoms with van der Waals surface area (Å²) in [7, 11) is 0. The number of thiazole rings is 1. The summed E-state index contributed by atoms with van der Waals surface area (Å²) in [4.78, 5) is 4.60. The Balaban J connectivity index is 2.00. The Morgan fingerprint density at radius 3 is 3.36 bits per heavy atom. The number of rotatable bonds is 3. The average Bonchev–Trinajstić information content (AvgIpc) is 2.68. The number of ether oxygens (including phenoxy) is 1. The van der Waals surface area contributed by atoms with E-state index in [1.165, 1.54) is 10.7 Å². The van der Waals surface area contributed by atoms with Crippen LogP contribution in [0.3, 0.4) is 0 Å². The van der Waals surface area contributed by atoms with Gasteiger partial charge in [-0.25, -0.2) is 4.98 Å². The molecule has 0 saturated carbocycles. The predicted molar refractivity (Wildman–Crippen MR) is 57.7 cm³/mol. The quantitative estimate of drug-likeness (QED) is 0.829. The van der Waals surface area contributed by atoms with Crippen molar-refractivity contribution in [1.82, 2.24) is 10.3 Å². The highest BCUT2D eigenvalue weighted by atomic mass is 32.1. The summed E-state index contributed by atoms with van der Waals surface area (Å²) in [5, 5.41) is 6.75. The molecule has 1 aliphatic heterocycles. The minimum Gasteiger partial charge on any atom is -0.378 e. The van der Waals surface area contributed by atoms with Crippen LogP contribution in [0, 0.1) is 0 Å². The highest BCUT2D eigenvalue weighted by Gasteiger charge is 2.18. The molecule has 0 amide bonds. The van der Waals surface area contributed by atoms with Crippen LogP contribution in [0.15, 0.2) is 5.38 Å². The van der Waals surface area contributed by atoms with Gasteiger partial charge >= 0.3 is 0 Å². The van der Waals surface area contributed by atoms with Crippen LogP contribution >= 0.6 is 11.3 Å². The number of aromatic nitrogens is 1. The van der Waals surface area contributed by atoms with Crippen LogP contribution < -0.4 is 5.32 Å². The van der Waals surface area contributed by atoms with E-state index >= 15 is 0 Å². The molecule has 78 valence electrons. The highest BCUT2D eigenvalue weighted by molar-refractivity contribution is 7.09. The van der Waals surface area contributed by atoms with Gasteiger partial charge in [0.15, 0.2) is 0 Å². The maximum Gasteiger partial charge on any atom is 0.112 e. The molecule has 2 heterocycles. The molecule has 1 saturated heterocycles. The monoisotopic (exact) mass is 212 g/mol. The SMILES string of the molecule is CCCc1csc(C2COCCN2)n1. The molecule has 3 nitrogen and oxygen atoms in total. The number of aryl methyl sites for hydroxylation is 1. The van der Waals surface area contributed by atoms with Gasteiger partial charge in [-0.3, -0.25) is 0 Å². The van der Waals surface area contributed by atoms with E-state index in [0.717, 1.165) is 32.6 Å². The fraction of sp³-hybridized carbons (Fsp3) is 0.700. The molecule has 0 aromatic carbocycles. The Morgan fingerprint density at radius 2 is 2.64 bits per heavy atom. The summed E-state index contributed by atoms with van der Waals surface area (Å²) >= 11 is 1.74. The van der Waals surface area contributed by atoms with Crippen molar-refractivity contribution in [2.24, 2.45) is 0 Å². The highest BCUT2D eigenvalue weighted by Crippen LogP contribution is 2.20. The predicted octanol–water partition coefficient (Wildman–Crippen LogP) is 1.76. The Bertz CT molecular complexity index is 281. The second-order valence-corrected chi connectivity index (χ2v) is 4.40. The first-order valence-electron chi connectivity index (χ1n) is 5.15. The third-order valence-corrected chi connectivity index (χ3v) is 3.30. The molecule has 0 bridgehead atoms. The van der Waals surface area contributed by atoms with Crippen LogP contribution in [-0.2, 0) is 11.2 Å². The lowest BCUT2D eigenvalue weighted by atomic mass is 10.2. The minimum atomic E-state index is 0.319. The number of nitrogens with one attached hydrogen (secondary N) is 1. The molecule has 1 fully saturated rings. The lowest BCUT2D eigenvalue weighted by Gasteiger charge is -2.21. The van der Waals surface area contributed by atoms with Crippen molar-refractivity contribution in [3.63, 3.8) is 0 Å². The summed E-state index contributed by atoms with van der Waals surface area (Å²) in [6, 6.07) is 0.319. The van der Waals surface area contributed by atoms with Crippen molar-refractivity contribution < 1.29 is 4.74 Å². The first-order chi connectivity index (χ1) is 6.90. The Morgan fingerprint density at radius 1 is 1.71 bits per heavy atom. The Kier molecular flexibility index (Phi) is 3.50. The van der Waals surface area contributed by atoms with Crippen LogP contribution in [0.1, 0.15) is 30.1 Å². The van der Waals surface area contributed by atoms with E-state index in [9.17, 15) is 0 Å². The van der Waals surface area contributed by atoms with E-state index in [-0.39, 0.29) is 0 Å². The molecule has 0 spiro atoms. The van der Waals surface area contributed by atoms with Crippen LogP contribution in [0.4, 0.5) is 0 Å². The van der Waals surface area contributed by atoms with Crippen LogP contribution in [0.5, 0.6) is 0 Å². The van der Waals surface area contributed by atoms with Crippen LogP contribution in [0.25, 0.3) is 0 Å². The van der Waals surface area contributed by atoms with E-state index in [2.05, 4.69) is 22.6 Å². The number of morpholine rings is 1. The van der Waals surface area contributed by atoms with Crippen molar-refractivity contribution in [3.8, 4) is 0 Å². The Hall–Kier alpha value is -0.450. The fourth-order valence-corrected chi connectivity index (χ4v) is 2.49. The number of nitrogens with zero attached hydrogens (tertiary/aromatic N) is 1. The molecular weight excluding hydrogens is 196 g/mol. The smallest absolute Gasteiger partial charge is 0.112 e. The molecular formula is C10H16N2OS. The molecule has 1 atom stereocenters. The van der Waals surface area contributed by atoms with Gasteiger partial charge < -0.3 is 10.1 Å². The van der Waals surface area contributed by atoms with Crippen LogP contribution in [-0.4, -0.2) is 24.7 Å².